The Morgan fingerprint density at radius 3 is 1.34 bits per heavy atom. The number of hydrogen-bond acceptors (Lipinski definition) is 2. The van der Waals surface area contributed by atoms with Crippen LogP contribution in [0.4, 0.5) is 0 Å². The lowest BCUT2D eigenvalue weighted by Crippen LogP contribution is -1.99. The first kappa shape index (κ1) is 33.2. The van der Waals surface area contributed by atoms with E-state index in [0.29, 0.717) is 0 Å². The van der Waals surface area contributed by atoms with Crippen LogP contribution in [0.5, 0.6) is 0 Å². The summed E-state index contributed by atoms with van der Waals surface area (Å²) >= 11 is 0. The van der Waals surface area contributed by atoms with Crippen LogP contribution >= 0.6 is 0 Å². The van der Waals surface area contributed by atoms with E-state index in [4.69, 9.17) is 4.98 Å². The van der Waals surface area contributed by atoms with Crippen LogP contribution in [0.15, 0.2) is 213 Å². The number of para-hydroxylation sites is 5. The van der Waals surface area contributed by atoms with Crippen molar-refractivity contribution in [3.63, 3.8) is 0 Å². The molecule has 0 bridgehead atoms. The molecule has 0 saturated heterocycles. The van der Waals surface area contributed by atoms with Crippen LogP contribution in [0.2, 0.25) is 0 Å². The van der Waals surface area contributed by atoms with Gasteiger partial charge in [-0.2, -0.15) is 0 Å². The fraction of sp³-hybridized carbons (Fsp3) is 0. The highest BCUT2D eigenvalue weighted by molar-refractivity contribution is 6.12. The molecule has 12 rings (SSSR count). The topological polar surface area (TPSA) is 40.6 Å². The van der Waals surface area contributed by atoms with E-state index < -0.39 is 0 Å². The molecule has 59 heavy (non-hydrogen) atoms. The van der Waals surface area contributed by atoms with E-state index in [0.717, 1.165) is 44.9 Å². The van der Waals surface area contributed by atoms with Crippen molar-refractivity contribution in [1.82, 2.24) is 23.7 Å². The van der Waals surface area contributed by atoms with E-state index in [1.165, 1.54) is 60.4 Å². The maximum absolute atomic E-state index is 5.14. The molecule has 8 aromatic carbocycles. The van der Waals surface area contributed by atoms with Gasteiger partial charge in [0.1, 0.15) is 5.82 Å². The third kappa shape index (κ3) is 5.33. The second-order valence-corrected chi connectivity index (χ2v) is 15.1. The molecule has 0 saturated carbocycles. The molecule has 276 valence electrons. The zero-order valence-corrected chi connectivity index (χ0v) is 31.9. The first-order chi connectivity index (χ1) is 29.3. The molecule has 0 amide bonds. The van der Waals surface area contributed by atoms with Crippen LogP contribution in [0.1, 0.15) is 0 Å². The molecular formula is C54H35N5. The normalized spacial score (nSPS) is 11.7. The molecule has 0 unspecified atom stereocenters. The molecule has 0 spiro atoms. The largest absolute Gasteiger partial charge is 0.309 e. The minimum Gasteiger partial charge on any atom is -0.309 e. The Kier molecular flexibility index (Phi) is 7.47. The number of fused-ring (bicyclic) bond motifs is 7. The lowest BCUT2D eigenvalue weighted by Gasteiger charge is -2.13. The molecule has 0 fully saturated rings. The molecule has 0 atom stereocenters. The number of rotatable bonds is 6. The Balaban J connectivity index is 0.950. The van der Waals surface area contributed by atoms with Crippen molar-refractivity contribution < 1.29 is 0 Å². The highest BCUT2D eigenvalue weighted by Crippen LogP contribution is 2.39. The van der Waals surface area contributed by atoms with E-state index in [1.54, 1.807) is 0 Å². The highest BCUT2D eigenvalue weighted by Gasteiger charge is 2.18. The summed E-state index contributed by atoms with van der Waals surface area (Å²) < 4.78 is 7.03. The van der Waals surface area contributed by atoms with Gasteiger partial charge in [0.15, 0.2) is 0 Å². The van der Waals surface area contributed by atoms with Gasteiger partial charge < -0.3 is 9.13 Å². The summed E-state index contributed by atoms with van der Waals surface area (Å²) in [4.78, 5) is 9.32. The molecular weight excluding hydrogens is 719 g/mol. The Morgan fingerprint density at radius 1 is 0.288 bits per heavy atom. The Bertz CT molecular complexity index is 3520. The van der Waals surface area contributed by atoms with Crippen molar-refractivity contribution >= 4 is 54.6 Å². The summed E-state index contributed by atoms with van der Waals surface area (Å²) in [7, 11) is 0. The van der Waals surface area contributed by atoms with Gasteiger partial charge in [-0.3, -0.25) is 9.55 Å². The average molecular weight is 754 g/mol. The van der Waals surface area contributed by atoms with Gasteiger partial charge in [-0.15, -0.1) is 0 Å². The summed E-state index contributed by atoms with van der Waals surface area (Å²) in [6, 6.07) is 71.9. The molecule has 5 heteroatoms. The van der Waals surface area contributed by atoms with Gasteiger partial charge in [-0.1, -0.05) is 103 Å². The zero-order valence-electron chi connectivity index (χ0n) is 31.9. The summed E-state index contributed by atoms with van der Waals surface area (Å²) in [6.45, 7) is 0. The Labute approximate surface area is 340 Å². The van der Waals surface area contributed by atoms with Crippen molar-refractivity contribution in [3.8, 4) is 50.7 Å². The quantitative estimate of drug-likeness (QED) is 0.170. The Morgan fingerprint density at radius 2 is 0.729 bits per heavy atom. The fourth-order valence-electron chi connectivity index (χ4n) is 9.03. The van der Waals surface area contributed by atoms with E-state index in [9.17, 15) is 0 Å². The lowest BCUT2D eigenvalue weighted by atomic mass is 10.0. The molecule has 4 aromatic heterocycles. The van der Waals surface area contributed by atoms with E-state index in [-0.39, 0.29) is 0 Å². The minimum atomic E-state index is 0.910. The SMILES string of the molecule is c1ccc(-n2c3ccccc3c3cc(-c4ccc5c(c4)c4ccccc4n5-c4ccc(-n5c(-c6ccc(-c7ccncc7)cc6)nc6ccccc65)cc4)ccc32)cc1. The predicted molar refractivity (Wildman–Crippen MR) is 244 cm³/mol. The standard InChI is InChI=1S/C54H35N5/c1-2-10-41(11-3-1)57-49-15-7-4-12-44(49)46-34-39(22-28-51(46)57)40-23-29-52-47(35-40)45-13-5-8-16-50(45)58(52)42-24-26-43(27-25-42)59-53-17-9-6-14-48(53)56-54(59)38-20-18-36(19-21-38)37-30-32-55-33-31-37/h1-35H. The maximum atomic E-state index is 5.14. The van der Waals surface area contributed by atoms with Gasteiger partial charge in [0.2, 0.25) is 0 Å². The van der Waals surface area contributed by atoms with Crippen molar-refractivity contribution in [2.24, 2.45) is 0 Å². The van der Waals surface area contributed by atoms with E-state index in [2.05, 4.69) is 207 Å². The fourth-order valence-corrected chi connectivity index (χ4v) is 9.03. The Hall–Kier alpha value is -8.02. The van der Waals surface area contributed by atoms with Crippen molar-refractivity contribution in [1.29, 1.82) is 0 Å². The van der Waals surface area contributed by atoms with Gasteiger partial charge in [-0.05, 0) is 119 Å². The smallest absolute Gasteiger partial charge is 0.145 e. The van der Waals surface area contributed by atoms with Gasteiger partial charge in [0.25, 0.3) is 0 Å². The van der Waals surface area contributed by atoms with Crippen LogP contribution in [0.3, 0.4) is 0 Å². The van der Waals surface area contributed by atoms with Crippen LogP contribution in [-0.4, -0.2) is 23.7 Å². The van der Waals surface area contributed by atoms with Crippen LogP contribution in [0, 0.1) is 0 Å². The second-order valence-electron chi connectivity index (χ2n) is 15.1. The number of aromatic nitrogens is 5. The molecule has 0 aliphatic heterocycles. The molecule has 0 N–H and O–H groups in total. The number of pyridine rings is 1. The van der Waals surface area contributed by atoms with Gasteiger partial charge >= 0.3 is 0 Å². The number of imidazole rings is 1. The predicted octanol–water partition coefficient (Wildman–Crippen LogP) is 13.6. The molecule has 12 aromatic rings. The third-order valence-corrected chi connectivity index (χ3v) is 11.8. The van der Waals surface area contributed by atoms with E-state index >= 15 is 0 Å². The van der Waals surface area contributed by atoms with Gasteiger partial charge in [0.05, 0.1) is 33.1 Å². The molecule has 0 aliphatic rings. The first-order valence-corrected chi connectivity index (χ1v) is 20.0. The minimum absolute atomic E-state index is 0.910. The summed E-state index contributed by atoms with van der Waals surface area (Å²) in [6.07, 6.45) is 3.66. The average Bonchev–Trinajstić information content (AvgIpc) is 3.97. The zero-order chi connectivity index (χ0) is 38.9. The van der Waals surface area contributed by atoms with E-state index in [1.807, 2.05) is 24.5 Å². The van der Waals surface area contributed by atoms with Crippen LogP contribution < -0.4 is 0 Å². The third-order valence-electron chi connectivity index (χ3n) is 11.8. The number of hydrogen-bond donors (Lipinski definition) is 0. The van der Waals surface area contributed by atoms with Gasteiger partial charge in [0, 0.05) is 56.6 Å². The number of nitrogens with zero attached hydrogens (tertiary/aromatic N) is 5. The maximum Gasteiger partial charge on any atom is 0.145 e. The first-order valence-electron chi connectivity index (χ1n) is 20.0. The summed E-state index contributed by atoms with van der Waals surface area (Å²) in [5.41, 5.74) is 15.9. The van der Waals surface area contributed by atoms with Crippen molar-refractivity contribution in [3.05, 3.63) is 213 Å². The molecule has 0 aliphatic carbocycles. The summed E-state index contributed by atoms with van der Waals surface area (Å²) in [5, 5.41) is 4.96. The van der Waals surface area contributed by atoms with Crippen LogP contribution in [0.25, 0.3) is 105 Å². The molecule has 5 nitrogen and oxygen atoms in total. The lowest BCUT2D eigenvalue weighted by molar-refractivity contribution is 1.09. The molecule has 4 heterocycles. The van der Waals surface area contributed by atoms with Crippen molar-refractivity contribution in [2.75, 3.05) is 0 Å². The number of benzene rings is 8. The second kappa shape index (κ2) is 13.3. The summed E-state index contributed by atoms with van der Waals surface area (Å²) in [5.74, 6) is 0.910. The van der Waals surface area contributed by atoms with Gasteiger partial charge in [-0.25, -0.2) is 4.98 Å². The highest BCUT2D eigenvalue weighted by atomic mass is 15.1. The van der Waals surface area contributed by atoms with Crippen molar-refractivity contribution in [2.45, 2.75) is 0 Å². The monoisotopic (exact) mass is 753 g/mol. The van der Waals surface area contributed by atoms with Crippen LogP contribution in [-0.2, 0) is 0 Å². The molecule has 0 radical (unpaired) electrons.